The number of aliphatic hydroxyl groups is 2. The average molecular weight is 401 g/mol. The number of carboxylic acids is 1. The molecule has 3 aromatic carbocycles. The third-order valence-corrected chi connectivity index (χ3v) is 4.13. The molecule has 3 rings (SSSR count). The van der Waals surface area contributed by atoms with Gasteiger partial charge in [0.1, 0.15) is 0 Å². The van der Waals surface area contributed by atoms with Gasteiger partial charge in [-0.05, 0) is 72.0 Å². The van der Waals surface area contributed by atoms with Crippen LogP contribution in [0.25, 0.3) is 21.9 Å². The number of aliphatic carboxylic acids is 1. The van der Waals surface area contributed by atoms with Crippen LogP contribution in [0, 0.1) is 0 Å². The van der Waals surface area contributed by atoms with Gasteiger partial charge in [0.25, 0.3) is 0 Å². The molecule has 0 unspecified atom stereocenters. The van der Waals surface area contributed by atoms with Crippen LogP contribution in [-0.2, 0) is 17.8 Å². The van der Waals surface area contributed by atoms with Crippen molar-refractivity contribution < 1.29 is 20.1 Å². The normalized spacial score (nSPS) is 11.1. The van der Waals surface area contributed by atoms with Gasteiger partial charge in [0.15, 0.2) is 0 Å². The molecule has 0 heterocycles. The second kappa shape index (κ2) is 9.20. The number of carbonyl (C=O) groups is 1. The molecular weight excluding hydrogens is 376 g/mol. The Morgan fingerprint density at radius 2 is 1.61 bits per heavy atom. The number of hydrogen-bond donors (Lipinski definition) is 3. The van der Waals surface area contributed by atoms with Crippen molar-refractivity contribution in [1.82, 2.24) is 0 Å². The van der Waals surface area contributed by atoms with Crippen LogP contribution in [0.4, 0.5) is 0 Å². The van der Waals surface area contributed by atoms with E-state index in [-0.39, 0.29) is 13.0 Å². The summed E-state index contributed by atoms with van der Waals surface area (Å²) in [7, 11) is 0. The highest BCUT2D eigenvalue weighted by Gasteiger charge is 2.17. The fraction of sp³-hybridized carbons (Fsp3) is 0.261. The van der Waals surface area contributed by atoms with Crippen molar-refractivity contribution in [2.24, 2.45) is 0 Å². The fourth-order valence-electron chi connectivity index (χ4n) is 2.89. The van der Waals surface area contributed by atoms with E-state index < -0.39 is 11.6 Å². The molecule has 0 radical (unpaired) electrons. The van der Waals surface area contributed by atoms with Crippen LogP contribution in [0.15, 0.2) is 54.6 Å². The lowest BCUT2D eigenvalue weighted by Crippen LogP contribution is -2.10. The second-order valence-corrected chi connectivity index (χ2v) is 7.95. The minimum Gasteiger partial charge on any atom is -0.481 e. The molecular formula is C23H25ClO4. The largest absolute Gasteiger partial charge is 0.481 e. The van der Waals surface area contributed by atoms with E-state index in [1.165, 1.54) is 0 Å². The molecule has 0 spiro atoms. The Morgan fingerprint density at radius 3 is 2.14 bits per heavy atom. The van der Waals surface area contributed by atoms with Gasteiger partial charge in [0.2, 0.25) is 0 Å². The van der Waals surface area contributed by atoms with E-state index >= 15 is 0 Å². The Labute approximate surface area is 170 Å². The fourth-order valence-corrected chi connectivity index (χ4v) is 3.01. The molecule has 0 saturated carbocycles. The Morgan fingerprint density at radius 1 is 1.04 bits per heavy atom. The van der Waals surface area contributed by atoms with E-state index in [2.05, 4.69) is 0 Å². The summed E-state index contributed by atoms with van der Waals surface area (Å²) in [5.74, 6) is -0.926. The quantitative estimate of drug-likeness (QED) is 0.572. The third-order valence-electron chi connectivity index (χ3n) is 3.88. The van der Waals surface area contributed by atoms with Crippen molar-refractivity contribution in [3.63, 3.8) is 0 Å². The number of aliphatic hydroxyl groups excluding tert-OH is 1. The van der Waals surface area contributed by atoms with E-state index in [0.29, 0.717) is 16.1 Å². The van der Waals surface area contributed by atoms with Crippen molar-refractivity contribution in [2.75, 3.05) is 0 Å². The lowest BCUT2D eigenvalue weighted by Gasteiger charge is -2.16. The Balaban J connectivity index is 0.000000500. The summed E-state index contributed by atoms with van der Waals surface area (Å²) in [6.07, 6.45) is -0.140. The minimum atomic E-state index is -0.926. The first kappa shape index (κ1) is 21.9. The zero-order valence-electron chi connectivity index (χ0n) is 16.2. The van der Waals surface area contributed by atoms with Crippen molar-refractivity contribution in [3.05, 3.63) is 70.7 Å². The van der Waals surface area contributed by atoms with Gasteiger partial charge in [-0.15, -0.1) is 0 Å². The van der Waals surface area contributed by atoms with Crippen molar-refractivity contribution in [1.29, 1.82) is 0 Å². The molecule has 0 aromatic heterocycles. The molecule has 0 bridgehead atoms. The van der Waals surface area contributed by atoms with Crippen LogP contribution in [0.2, 0.25) is 5.02 Å². The summed E-state index contributed by atoms with van der Waals surface area (Å²) in [5.41, 5.74) is 2.50. The molecule has 3 N–H and O–H groups in total. The average Bonchev–Trinajstić information content (AvgIpc) is 2.60. The van der Waals surface area contributed by atoms with E-state index in [1.807, 2.05) is 42.5 Å². The first-order valence-electron chi connectivity index (χ1n) is 8.94. The van der Waals surface area contributed by atoms with Crippen LogP contribution >= 0.6 is 11.6 Å². The number of halogens is 1. The van der Waals surface area contributed by atoms with Crippen molar-refractivity contribution in [2.45, 2.75) is 39.4 Å². The highest BCUT2D eigenvalue weighted by atomic mass is 35.5. The molecule has 28 heavy (non-hydrogen) atoms. The number of fused-ring (bicyclic) bond motifs is 1. The maximum absolute atomic E-state index is 11.3. The minimum absolute atomic E-state index is 0.140. The first-order valence-corrected chi connectivity index (χ1v) is 9.32. The molecule has 0 atom stereocenters. The predicted octanol–water partition coefficient (Wildman–Crippen LogP) is 5.06. The highest BCUT2D eigenvalue weighted by Crippen LogP contribution is 2.35. The molecule has 148 valence electrons. The van der Waals surface area contributed by atoms with Crippen LogP contribution in [0.1, 0.15) is 31.9 Å². The summed E-state index contributed by atoms with van der Waals surface area (Å²) in [5, 5.41) is 30.0. The number of rotatable bonds is 4. The SMILES string of the molecule is CC(C)(C)O.O=C(O)Cc1c(CO)cc2ccccc2c1-c1ccc(Cl)cc1. The molecule has 4 nitrogen and oxygen atoms in total. The van der Waals surface area contributed by atoms with Gasteiger partial charge in [-0.2, -0.15) is 0 Å². The van der Waals surface area contributed by atoms with Gasteiger partial charge < -0.3 is 15.3 Å². The molecule has 0 amide bonds. The first-order chi connectivity index (χ1) is 13.1. The number of benzene rings is 3. The Kier molecular flexibility index (Phi) is 7.19. The van der Waals surface area contributed by atoms with Gasteiger partial charge in [-0.3, -0.25) is 4.79 Å². The summed E-state index contributed by atoms with van der Waals surface area (Å²) in [6, 6.07) is 16.9. The van der Waals surface area contributed by atoms with Gasteiger partial charge in [0, 0.05) is 5.02 Å². The zero-order valence-corrected chi connectivity index (χ0v) is 17.0. The molecule has 5 heteroatoms. The highest BCUT2D eigenvalue weighted by molar-refractivity contribution is 6.30. The molecule has 0 aliphatic carbocycles. The molecule has 0 fully saturated rings. The smallest absolute Gasteiger partial charge is 0.307 e. The molecule has 0 aliphatic rings. The van der Waals surface area contributed by atoms with E-state index in [1.54, 1.807) is 32.9 Å². The monoisotopic (exact) mass is 400 g/mol. The van der Waals surface area contributed by atoms with Crippen LogP contribution in [-0.4, -0.2) is 26.9 Å². The number of hydrogen-bond acceptors (Lipinski definition) is 3. The standard InChI is InChI=1S/C19H15ClO3.C4H10O/c20-15-7-5-12(6-8-15)19-16-4-2-1-3-13(16)9-14(11-21)17(19)10-18(22)23;1-4(2,3)5/h1-9,21H,10-11H2,(H,22,23);5H,1-3H3. The molecule has 0 aliphatic heterocycles. The van der Waals surface area contributed by atoms with Crippen LogP contribution in [0.5, 0.6) is 0 Å². The Hall–Kier alpha value is -2.40. The summed E-state index contributed by atoms with van der Waals surface area (Å²) < 4.78 is 0. The summed E-state index contributed by atoms with van der Waals surface area (Å²) >= 11 is 5.97. The summed E-state index contributed by atoms with van der Waals surface area (Å²) in [4.78, 5) is 11.3. The zero-order chi connectivity index (χ0) is 20.9. The van der Waals surface area contributed by atoms with E-state index in [4.69, 9.17) is 16.7 Å². The van der Waals surface area contributed by atoms with Crippen molar-refractivity contribution in [3.8, 4) is 11.1 Å². The van der Waals surface area contributed by atoms with Gasteiger partial charge >= 0.3 is 5.97 Å². The Bertz CT molecular complexity index is 951. The van der Waals surface area contributed by atoms with Gasteiger partial charge in [-0.25, -0.2) is 0 Å². The van der Waals surface area contributed by atoms with E-state index in [0.717, 1.165) is 21.9 Å². The van der Waals surface area contributed by atoms with E-state index in [9.17, 15) is 15.0 Å². The van der Waals surface area contributed by atoms with Gasteiger partial charge in [-0.1, -0.05) is 48.0 Å². The maximum atomic E-state index is 11.3. The van der Waals surface area contributed by atoms with Crippen molar-refractivity contribution >= 4 is 28.3 Å². The lowest BCUT2D eigenvalue weighted by molar-refractivity contribution is -0.136. The number of carboxylic acid groups (broad SMARTS) is 1. The second-order valence-electron chi connectivity index (χ2n) is 7.52. The topological polar surface area (TPSA) is 77.8 Å². The molecule has 3 aromatic rings. The third kappa shape index (κ3) is 6.06. The van der Waals surface area contributed by atoms with Crippen LogP contribution in [0.3, 0.4) is 0 Å². The van der Waals surface area contributed by atoms with Gasteiger partial charge in [0.05, 0.1) is 18.6 Å². The lowest BCUT2D eigenvalue weighted by atomic mass is 9.88. The predicted molar refractivity (Wildman–Crippen MR) is 114 cm³/mol. The van der Waals surface area contributed by atoms with Crippen LogP contribution < -0.4 is 0 Å². The summed E-state index contributed by atoms with van der Waals surface area (Å²) in [6.45, 7) is 5.03. The maximum Gasteiger partial charge on any atom is 0.307 e. The molecule has 0 saturated heterocycles.